The van der Waals surface area contributed by atoms with E-state index in [0.29, 0.717) is 26.2 Å². The van der Waals surface area contributed by atoms with Crippen molar-refractivity contribution in [1.82, 2.24) is 14.7 Å². The van der Waals surface area contributed by atoms with E-state index in [2.05, 4.69) is 11.5 Å². The third-order valence-electron chi connectivity index (χ3n) is 3.82. The molecule has 5 heteroatoms. The lowest BCUT2D eigenvalue weighted by Crippen LogP contribution is -2.55. The lowest BCUT2D eigenvalue weighted by molar-refractivity contribution is -0.137. The molecule has 0 N–H and O–H groups in total. The first-order valence-electron chi connectivity index (χ1n) is 7.29. The van der Waals surface area contributed by atoms with Crippen LogP contribution in [0.1, 0.15) is 27.7 Å². The average molecular weight is 281 g/mol. The number of likely N-dealkylation sites (N-methyl/N-ethyl adjacent to an activating group) is 1. The van der Waals surface area contributed by atoms with Crippen LogP contribution in [0.5, 0.6) is 0 Å². The molecule has 1 fully saturated rings. The van der Waals surface area contributed by atoms with Gasteiger partial charge in [-0.1, -0.05) is 12.2 Å². The molecule has 1 aliphatic heterocycles. The summed E-state index contributed by atoms with van der Waals surface area (Å²) in [6, 6.07) is -0.136. The van der Waals surface area contributed by atoms with Crippen molar-refractivity contribution in [3.8, 4) is 0 Å². The van der Waals surface area contributed by atoms with E-state index in [1.54, 1.807) is 6.92 Å². The second-order valence-corrected chi connectivity index (χ2v) is 5.53. The SMILES string of the molecule is C=C(C)CN(CC)C(=O)C(C)N1CCN(C(C)=O)CC1. The van der Waals surface area contributed by atoms with Crippen molar-refractivity contribution in [1.29, 1.82) is 0 Å². The molecule has 0 spiro atoms. The normalized spacial score (nSPS) is 17.7. The molecule has 0 saturated carbocycles. The van der Waals surface area contributed by atoms with Crippen molar-refractivity contribution in [2.75, 3.05) is 39.3 Å². The molecule has 2 amide bonds. The van der Waals surface area contributed by atoms with Crippen LogP contribution in [0.2, 0.25) is 0 Å². The fraction of sp³-hybridized carbons (Fsp3) is 0.733. The van der Waals surface area contributed by atoms with Gasteiger partial charge in [0.2, 0.25) is 11.8 Å². The Hall–Kier alpha value is -1.36. The summed E-state index contributed by atoms with van der Waals surface area (Å²) in [6.07, 6.45) is 0. The summed E-state index contributed by atoms with van der Waals surface area (Å²) in [7, 11) is 0. The molecule has 0 aliphatic carbocycles. The Bertz CT molecular complexity index is 373. The fourth-order valence-electron chi connectivity index (χ4n) is 2.52. The maximum atomic E-state index is 12.5. The minimum Gasteiger partial charge on any atom is -0.340 e. The van der Waals surface area contributed by atoms with Gasteiger partial charge in [-0.3, -0.25) is 14.5 Å². The minimum absolute atomic E-state index is 0.112. The molecule has 20 heavy (non-hydrogen) atoms. The molecule has 1 unspecified atom stereocenters. The van der Waals surface area contributed by atoms with Gasteiger partial charge < -0.3 is 9.80 Å². The number of carbonyl (C=O) groups excluding carboxylic acids is 2. The van der Waals surface area contributed by atoms with Gasteiger partial charge in [-0.25, -0.2) is 0 Å². The molecule has 0 radical (unpaired) electrons. The molecular formula is C15H27N3O2. The molecule has 0 aromatic heterocycles. The molecule has 1 aliphatic rings. The summed E-state index contributed by atoms with van der Waals surface area (Å²) >= 11 is 0. The third-order valence-corrected chi connectivity index (χ3v) is 3.82. The van der Waals surface area contributed by atoms with E-state index >= 15 is 0 Å². The van der Waals surface area contributed by atoms with E-state index in [1.807, 2.05) is 30.6 Å². The van der Waals surface area contributed by atoms with E-state index in [-0.39, 0.29) is 17.9 Å². The monoisotopic (exact) mass is 281 g/mol. The van der Waals surface area contributed by atoms with E-state index < -0.39 is 0 Å². The van der Waals surface area contributed by atoms with Crippen molar-refractivity contribution < 1.29 is 9.59 Å². The quantitative estimate of drug-likeness (QED) is 0.705. The Kier molecular flexibility index (Phi) is 6.20. The predicted molar refractivity (Wildman–Crippen MR) is 80.4 cm³/mol. The standard InChI is InChI=1S/C15H27N3O2/c1-6-16(11-12(2)3)15(20)13(4)17-7-9-18(10-8-17)14(5)19/h13H,2,6-11H2,1,3-5H3. The molecule has 0 aromatic carbocycles. The fourth-order valence-corrected chi connectivity index (χ4v) is 2.52. The summed E-state index contributed by atoms with van der Waals surface area (Å²) in [4.78, 5) is 29.6. The number of rotatable bonds is 5. The van der Waals surface area contributed by atoms with Gasteiger partial charge in [0, 0.05) is 46.2 Å². The number of carbonyl (C=O) groups is 2. The zero-order chi connectivity index (χ0) is 15.3. The summed E-state index contributed by atoms with van der Waals surface area (Å²) in [5.74, 6) is 0.257. The summed E-state index contributed by atoms with van der Waals surface area (Å²) in [5.41, 5.74) is 0.994. The van der Waals surface area contributed by atoms with Crippen molar-refractivity contribution in [3.05, 3.63) is 12.2 Å². The maximum Gasteiger partial charge on any atom is 0.239 e. The van der Waals surface area contributed by atoms with Crippen LogP contribution in [-0.2, 0) is 9.59 Å². The Balaban J connectivity index is 2.57. The van der Waals surface area contributed by atoms with Crippen LogP contribution in [0.4, 0.5) is 0 Å². The Morgan fingerprint density at radius 2 is 1.75 bits per heavy atom. The molecular weight excluding hydrogens is 254 g/mol. The Morgan fingerprint density at radius 3 is 2.15 bits per heavy atom. The molecule has 1 heterocycles. The second-order valence-electron chi connectivity index (χ2n) is 5.53. The highest BCUT2D eigenvalue weighted by atomic mass is 16.2. The van der Waals surface area contributed by atoms with Crippen LogP contribution < -0.4 is 0 Å². The first-order valence-corrected chi connectivity index (χ1v) is 7.29. The van der Waals surface area contributed by atoms with Crippen molar-refractivity contribution in [3.63, 3.8) is 0 Å². The smallest absolute Gasteiger partial charge is 0.239 e. The molecule has 0 bridgehead atoms. The first kappa shape index (κ1) is 16.7. The third kappa shape index (κ3) is 4.34. The Labute approximate surface area is 122 Å². The summed E-state index contributed by atoms with van der Waals surface area (Å²) in [6.45, 7) is 15.6. The van der Waals surface area contributed by atoms with E-state index in [9.17, 15) is 9.59 Å². The van der Waals surface area contributed by atoms with Crippen LogP contribution in [0, 0.1) is 0 Å². The van der Waals surface area contributed by atoms with E-state index in [1.165, 1.54) is 0 Å². The van der Waals surface area contributed by atoms with Crippen LogP contribution in [0.15, 0.2) is 12.2 Å². The average Bonchev–Trinajstić information content (AvgIpc) is 2.43. The van der Waals surface area contributed by atoms with Gasteiger partial charge in [0.05, 0.1) is 6.04 Å². The number of hydrogen-bond acceptors (Lipinski definition) is 3. The maximum absolute atomic E-state index is 12.5. The highest BCUT2D eigenvalue weighted by Crippen LogP contribution is 2.10. The lowest BCUT2D eigenvalue weighted by atomic mass is 10.2. The second kappa shape index (κ2) is 7.43. The molecule has 1 rings (SSSR count). The molecule has 1 saturated heterocycles. The molecule has 5 nitrogen and oxygen atoms in total. The first-order chi connectivity index (χ1) is 9.36. The van der Waals surface area contributed by atoms with Crippen molar-refractivity contribution >= 4 is 11.8 Å². The zero-order valence-corrected chi connectivity index (χ0v) is 13.2. The van der Waals surface area contributed by atoms with Gasteiger partial charge in [-0.15, -0.1) is 0 Å². The summed E-state index contributed by atoms with van der Waals surface area (Å²) < 4.78 is 0. The van der Waals surface area contributed by atoms with E-state index in [0.717, 1.165) is 18.7 Å². The summed E-state index contributed by atoms with van der Waals surface area (Å²) in [5, 5.41) is 0. The number of nitrogens with zero attached hydrogens (tertiary/aromatic N) is 3. The minimum atomic E-state index is -0.136. The van der Waals surface area contributed by atoms with Gasteiger partial charge in [-0.05, 0) is 20.8 Å². The van der Waals surface area contributed by atoms with Crippen LogP contribution in [-0.4, -0.2) is 71.8 Å². The molecule has 114 valence electrons. The van der Waals surface area contributed by atoms with Crippen molar-refractivity contribution in [2.24, 2.45) is 0 Å². The zero-order valence-electron chi connectivity index (χ0n) is 13.2. The predicted octanol–water partition coefficient (Wildman–Crippen LogP) is 0.964. The Morgan fingerprint density at radius 1 is 1.20 bits per heavy atom. The van der Waals surface area contributed by atoms with Gasteiger partial charge in [0.25, 0.3) is 0 Å². The highest BCUT2D eigenvalue weighted by Gasteiger charge is 2.28. The van der Waals surface area contributed by atoms with Crippen LogP contribution in [0.3, 0.4) is 0 Å². The van der Waals surface area contributed by atoms with Crippen LogP contribution >= 0.6 is 0 Å². The van der Waals surface area contributed by atoms with Gasteiger partial charge in [0.15, 0.2) is 0 Å². The molecule has 0 aromatic rings. The van der Waals surface area contributed by atoms with Crippen LogP contribution in [0.25, 0.3) is 0 Å². The van der Waals surface area contributed by atoms with Gasteiger partial charge >= 0.3 is 0 Å². The van der Waals surface area contributed by atoms with E-state index in [4.69, 9.17) is 0 Å². The highest BCUT2D eigenvalue weighted by molar-refractivity contribution is 5.81. The number of hydrogen-bond donors (Lipinski definition) is 0. The molecule has 1 atom stereocenters. The van der Waals surface area contributed by atoms with Gasteiger partial charge in [-0.2, -0.15) is 0 Å². The lowest BCUT2D eigenvalue weighted by Gasteiger charge is -2.38. The number of piperazine rings is 1. The number of amides is 2. The van der Waals surface area contributed by atoms with Crippen molar-refractivity contribution in [2.45, 2.75) is 33.7 Å². The largest absolute Gasteiger partial charge is 0.340 e. The topological polar surface area (TPSA) is 43.9 Å². The van der Waals surface area contributed by atoms with Gasteiger partial charge in [0.1, 0.15) is 0 Å².